The summed E-state index contributed by atoms with van der Waals surface area (Å²) in [4.78, 5) is 0. The standard InChI is InChI=1S/C10H14Cl2/c11-8-2-1-6-7-3-5(10(6)8)4-9(7)12/h5-10H,1-4H2. The molecule has 3 rings (SSSR count). The van der Waals surface area contributed by atoms with E-state index in [9.17, 15) is 0 Å². The molecular formula is C10H14Cl2. The molecule has 0 aliphatic heterocycles. The van der Waals surface area contributed by atoms with Gasteiger partial charge in [-0.1, -0.05) is 0 Å². The lowest BCUT2D eigenvalue weighted by Crippen LogP contribution is -2.27. The Morgan fingerprint density at radius 2 is 1.67 bits per heavy atom. The second-order valence-corrected chi connectivity index (χ2v) is 5.87. The maximum Gasteiger partial charge on any atom is 0.0369 e. The quantitative estimate of drug-likeness (QED) is 0.532. The molecule has 0 nitrogen and oxygen atoms in total. The molecule has 0 saturated heterocycles. The highest BCUT2D eigenvalue weighted by Crippen LogP contribution is 2.61. The van der Waals surface area contributed by atoms with Crippen molar-refractivity contribution >= 4 is 23.2 Å². The smallest absolute Gasteiger partial charge is 0.0369 e. The average molecular weight is 205 g/mol. The van der Waals surface area contributed by atoms with Crippen molar-refractivity contribution in [2.75, 3.05) is 0 Å². The molecule has 3 fully saturated rings. The Bertz CT molecular complexity index is 204. The van der Waals surface area contributed by atoms with Crippen LogP contribution in [-0.4, -0.2) is 10.8 Å². The van der Waals surface area contributed by atoms with Crippen molar-refractivity contribution in [2.24, 2.45) is 23.7 Å². The average Bonchev–Trinajstić information content (AvgIpc) is 2.62. The van der Waals surface area contributed by atoms with Gasteiger partial charge < -0.3 is 0 Å². The predicted molar refractivity (Wildman–Crippen MR) is 51.7 cm³/mol. The second kappa shape index (κ2) is 2.54. The number of fused-ring (bicyclic) bond motifs is 5. The highest BCUT2D eigenvalue weighted by atomic mass is 35.5. The summed E-state index contributed by atoms with van der Waals surface area (Å²) < 4.78 is 0. The summed E-state index contributed by atoms with van der Waals surface area (Å²) in [6, 6.07) is 0. The summed E-state index contributed by atoms with van der Waals surface area (Å²) in [6.45, 7) is 0. The van der Waals surface area contributed by atoms with Crippen LogP contribution in [0.3, 0.4) is 0 Å². The molecule has 0 amide bonds. The molecule has 2 heteroatoms. The molecule has 3 aliphatic carbocycles. The van der Waals surface area contributed by atoms with Crippen LogP contribution in [0.5, 0.6) is 0 Å². The van der Waals surface area contributed by atoms with E-state index < -0.39 is 0 Å². The lowest BCUT2D eigenvalue weighted by Gasteiger charge is -2.29. The minimum absolute atomic E-state index is 0.481. The van der Waals surface area contributed by atoms with Crippen molar-refractivity contribution in [3.63, 3.8) is 0 Å². The van der Waals surface area contributed by atoms with E-state index >= 15 is 0 Å². The van der Waals surface area contributed by atoms with Gasteiger partial charge in [0.05, 0.1) is 0 Å². The number of hydrogen-bond acceptors (Lipinski definition) is 0. The first-order chi connectivity index (χ1) is 5.77. The fourth-order valence-corrected chi connectivity index (χ4v) is 5.00. The van der Waals surface area contributed by atoms with Gasteiger partial charge in [0.2, 0.25) is 0 Å². The highest BCUT2D eigenvalue weighted by molar-refractivity contribution is 6.22. The number of hydrogen-bond donors (Lipinski definition) is 0. The molecule has 0 radical (unpaired) electrons. The third-order valence-electron chi connectivity index (χ3n) is 4.35. The molecule has 6 atom stereocenters. The molecule has 12 heavy (non-hydrogen) atoms. The van der Waals surface area contributed by atoms with Crippen LogP contribution in [0, 0.1) is 23.7 Å². The summed E-state index contributed by atoms with van der Waals surface area (Å²) in [7, 11) is 0. The van der Waals surface area contributed by atoms with Gasteiger partial charge in [0.25, 0.3) is 0 Å². The van der Waals surface area contributed by atoms with Gasteiger partial charge in [0, 0.05) is 10.8 Å². The van der Waals surface area contributed by atoms with E-state index in [1.807, 2.05) is 0 Å². The maximum atomic E-state index is 6.31. The van der Waals surface area contributed by atoms with Crippen LogP contribution >= 0.6 is 23.2 Å². The van der Waals surface area contributed by atoms with Crippen molar-refractivity contribution in [3.05, 3.63) is 0 Å². The number of halogens is 2. The van der Waals surface area contributed by atoms with E-state index in [-0.39, 0.29) is 0 Å². The Hall–Kier alpha value is 0.580. The molecule has 0 aromatic rings. The molecule has 3 aliphatic rings. The van der Waals surface area contributed by atoms with Crippen molar-refractivity contribution in [2.45, 2.75) is 36.4 Å². The van der Waals surface area contributed by atoms with E-state index in [4.69, 9.17) is 23.2 Å². The number of rotatable bonds is 0. The van der Waals surface area contributed by atoms with Crippen LogP contribution in [0.25, 0.3) is 0 Å². The first-order valence-corrected chi connectivity index (χ1v) is 5.93. The first kappa shape index (κ1) is 7.94. The van der Waals surface area contributed by atoms with Crippen LogP contribution in [0.4, 0.5) is 0 Å². The van der Waals surface area contributed by atoms with Crippen molar-refractivity contribution in [1.82, 2.24) is 0 Å². The minimum atomic E-state index is 0.481. The molecule has 2 bridgehead atoms. The summed E-state index contributed by atoms with van der Waals surface area (Å²) in [5.74, 6) is 3.44. The third-order valence-corrected chi connectivity index (χ3v) is 5.36. The van der Waals surface area contributed by atoms with Crippen molar-refractivity contribution < 1.29 is 0 Å². The molecule has 0 aromatic heterocycles. The van der Waals surface area contributed by atoms with E-state index in [1.54, 1.807) is 0 Å². The summed E-state index contributed by atoms with van der Waals surface area (Å²) in [5, 5.41) is 0.965. The molecule has 3 saturated carbocycles. The van der Waals surface area contributed by atoms with Crippen LogP contribution in [0.2, 0.25) is 0 Å². The Kier molecular flexibility index (Phi) is 1.68. The van der Waals surface area contributed by atoms with E-state index in [1.165, 1.54) is 25.7 Å². The molecule has 0 N–H and O–H groups in total. The molecule has 0 aromatic carbocycles. The zero-order chi connectivity index (χ0) is 8.29. The second-order valence-electron chi connectivity index (χ2n) is 4.75. The largest absolute Gasteiger partial charge is 0.123 e. The lowest BCUT2D eigenvalue weighted by molar-refractivity contribution is 0.266. The van der Waals surface area contributed by atoms with Crippen LogP contribution in [0.1, 0.15) is 25.7 Å². The van der Waals surface area contributed by atoms with E-state index in [2.05, 4.69) is 0 Å². The predicted octanol–water partition coefficient (Wildman–Crippen LogP) is 3.27. The van der Waals surface area contributed by atoms with Crippen LogP contribution in [0.15, 0.2) is 0 Å². The van der Waals surface area contributed by atoms with E-state index in [0.717, 1.165) is 23.7 Å². The lowest BCUT2D eigenvalue weighted by atomic mass is 9.81. The van der Waals surface area contributed by atoms with Gasteiger partial charge in [0.1, 0.15) is 0 Å². The fraction of sp³-hybridized carbons (Fsp3) is 1.00. The van der Waals surface area contributed by atoms with Gasteiger partial charge in [-0.05, 0) is 49.4 Å². The molecule has 68 valence electrons. The van der Waals surface area contributed by atoms with Gasteiger partial charge in [-0.3, -0.25) is 0 Å². The Balaban J connectivity index is 1.89. The number of alkyl halides is 2. The molecule has 0 spiro atoms. The minimum Gasteiger partial charge on any atom is -0.123 e. The molecule has 0 heterocycles. The summed E-state index contributed by atoms with van der Waals surface area (Å²) in [6.07, 6.45) is 5.22. The Labute approximate surface area is 83.6 Å². The fourth-order valence-electron chi connectivity index (χ4n) is 3.96. The van der Waals surface area contributed by atoms with Crippen LogP contribution in [-0.2, 0) is 0 Å². The van der Waals surface area contributed by atoms with Crippen LogP contribution < -0.4 is 0 Å². The highest BCUT2D eigenvalue weighted by Gasteiger charge is 2.56. The van der Waals surface area contributed by atoms with Gasteiger partial charge in [-0.2, -0.15) is 0 Å². The molecule has 6 unspecified atom stereocenters. The first-order valence-electron chi connectivity index (χ1n) is 5.05. The Morgan fingerprint density at radius 1 is 0.833 bits per heavy atom. The SMILES string of the molecule is ClC1CC2CC1C1CCC(Cl)C21. The Morgan fingerprint density at radius 3 is 2.50 bits per heavy atom. The molecular weight excluding hydrogens is 191 g/mol. The van der Waals surface area contributed by atoms with Gasteiger partial charge in [-0.25, -0.2) is 0 Å². The maximum absolute atomic E-state index is 6.31. The monoisotopic (exact) mass is 204 g/mol. The van der Waals surface area contributed by atoms with Crippen molar-refractivity contribution in [1.29, 1.82) is 0 Å². The van der Waals surface area contributed by atoms with Gasteiger partial charge in [-0.15, -0.1) is 23.2 Å². The van der Waals surface area contributed by atoms with Gasteiger partial charge >= 0.3 is 0 Å². The zero-order valence-corrected chi connectivity index (χ0v) is 8.56. The summed E-state index contributed by atoms with van der Waals surface area (Å²) in [5.41, 5.74) is 0. The topological polar surface area (TPSA) is 0 Å². The van der Waals surface area contributed by atoms with Gasteiger partial charge in [0.15, 0.2) is 0 Å². The summed E-state index contributed by atoms with van der Waals surface area (Å²) >= 11 is 12.6. The normalized spacial score (nSPS) is 62.5. The van der Waals surface area contributed by atoms with Crippen molar-refractivity contribution in [3.8, 4) is 0 Å². The zero-order valence-electron chi connectivity index (χ0n) is 7.05. The third kappa shape index (κ3) is 0.861. The van der Waals surface area contributed by atoms with E-state index in [0.29, 0.717) is 10.8 Å².